The van der Waals surface area contributed by atoms with Crippen LogP contribution < -0.4 is 0 Å². The van der Waals surface area contributed by atoms with Crippen LogP contribution in [0, 0.1) is 5.41 Å². The van der Waals surface area contributed by atoms with Crippen LogP contribution in [-0.2, 0) is 0 Å². The predicted molar refractivity (Wildman–Crippen MR) is 65.6 cm³/mol. The van der Waals surface area contributed by atoms with Gasteiger partial charge in [0.25, 0.3) is 5.91 Å². The lowest BCUT2D eigenvalue weighted by molar-refractivity contribution is 0.0366. The standard InChI is InChI=1S/C11H16BrNO4/c1-11(6-14,7-15)5-13(2)10(16)8-3-9(12)17-4-8/h3-4,14-15H,5-7H2,1-2H3. The van der Waals surface area contributed by atoms with Crippen LogP contribution in [0.25, 0.3) is 0 Å². The molecule has 0 fully saturated rings. The van der Waals surface area contributed by atoms with Gasteiger partial charge in [-0.1, -0.05) is 6.92 Å². The lowest BCUT2D eigenvalue weighted by Gasteiger charge is -2.30. The van der Waals surface area contributed by atoms with Crippen molar-refractivity contribution in [1.29, 1.82) is 0 Å². The minimum atomic E-state index is -0.703. The van der Waals surface area contributed by atoms with Crippen LogP contribution in [0.4, 0.5) is 0 Å². The molecule has 96 valence electrons. The number of amides is 1. The fraction of sp³-hybridized carbons (Fsp3) is 0.545. The van der Waals surface area contributed by atoms with Crippen LogP contribution >= 0.6 is 15.9 Å². The number of halogens is 1. The molecule has 0 saturated carbocycles. The minimum Gasteiger partial charge on any atom is -0.457 e. The van der Waals surface area contributed by atoms with E-state index >= 15 is 0 Å². The van der Waals surface area contributed by atoms with Gasteiger partial charge in [0.1, 0.15) is 6.26 Å². The van der Waals surface area contributed by atoms with Crippen LogP contribution in [0.15, 0.2) is 21.4 Å². The molecule has 0 aliphatic heterocycles. The molecule has 1 amide bonds. The van der Waals surface area contributed by atoms with Crippen molar-refractivity contribution in [1.82, 2.24) is 4.90 Å². The number of nitrogens with zero attached hydrogens (tertiary/aromatic N) is 1. The third-order valence-corrected chi connectivity index (χ3v) is 2.96. The van der Waals surface area contributed by atoms with Crippen LogP contribution in [0.3, 0.4) is 0 Å². The summed E-state index contributed by atoms with van der Waals surface area (Å²) in [6.07, 6.45) is 1.36. The molecule has 0 spiro atoms. The third-order valence-electron chi connectivity index (χ3n) is 2.54. The summed E-state index contributed by atoms with van der Waals surface area (Å²) in [6, 6.07) is 1.58. The first-order chi connectivity index (χ1) is 7.91. The van der Waals surface area contributed by atoms with Crippen molar-refractivity contribution < 1.29 is 19.4 Å². The quantitative estimate of drug-likeness (QED) is 0.854. The molecule has 0 aliphatic carbocycles. The SMILES string of the molecule is CN(CC(C)(CO)CO)C(=O)c1coc(Br)c1. The smallest absolute Gasteiger partial charge is 0.256 e. The number of rotatable bonds is 5. The van der Waals surface area contributed by atoms with E-state index in [1.807, 2.05) is 0 Å². The third kappa shape index (κ3) is 3.55. The number of aliphatic hydroxyl groups excluding tert-OH is 2. The van der Waals surface area contributed by atoms with Crippen LogP contribution in [0.5, 0.6) is 0 Å². The van der Waals surface area contributed by atoms with E-state index < -0.39 is 5.41 Å². The molecule has 0 aliphatic rings. The number of furan rings is 1. The molecule has 2 N–H and O–H groups in total. The average molecular weight is 306 g/mol. The summed E-state index contributed by atoms with van der Waals surface area (Å²) in [5, 5.41) is 18.3. The maximum absolute atomic E-state index is 11.9. The molecule has 1 aromatic heterocycles. The molecule has 0 aromatic carbocycles. The largest absolute Gasteiger partial charge is 0.457 e. The van der Waals surface area contributed by atoms with Gasteiger partial charge in [0.2, 0.25) is 0 Å². The molecule has 5 nitrogen and oxygen atoms in total. The Bertz CT molecular complexity index is 387. The highest BCUT2D eigenvalue weighted by Gasteiger charge is 2.27. The van der Waals surface area contributed by atoms with E-state index in [0.29, 0.717) is 10.2 Å². The van der Waals surface area contributed by atoms with E-state index in [2.05, 4.69) is 15.9 Å². The molecule has 0 radical (unpaired) electrons. The Kier molecular flexibility index (Phi) is 4.73. The molecular weight excluding hydrogens is 290 g/mol. The highest BCUT2D eigenvalue weighted by Crippen LogP contribution is 2.19. The topological polar surface area (TPSA) is 73.9 Å². The summed E-state index contributed by atoms with van der Waals surface area (Å²) < 4.78 is 5.48. The van der Waals surface area contributed by atoms with Crippen molar-refractivity contribution in [3.05, 3.63) is 22.6 Å². The van der Waals surface area contributed by atoms with E-state index in [-0.39, 0.29) is 25.7 Å². The van der Waals surface area contributed by atoms with E-state index in [4.69, 9.17) is 14.6 Å². The molecule has 17 heavy (non-hydrogen) atoms. The van der Waals surface area contributed by atoms with E-state index in [1.165, 1.54) is 11.2 Å². The van der Waals surface area contributed by atoms with Crippen molar-refractivity contribution in [3.8, 4) is 0 Å². The second-order valence-electron chi connectivity index (χ2n) is 4.43. The van der Waals surface area contributed by atoms with Gasteiger partial charge in [0, 0.05) is 25.1 Å². The Hall–Kier alpha value is -0.850. The zero-order chi connectivity index (χ0) is 13.1. The fourth-order valence-electron chi connectivity index (χ4n) is 1.44. The number of hydrogen-bond donors (Lipinski definition) is 2. The monoisotopic (exact) mass is 305 g/mol. The maximum atomic E-state index is 11.9. The first-order valence-corrected chi connectivity index (χ1v) is 5.92. The van der Waals surface area contributed by atoms with Gasteiger partial charge in [-0.25, -0.2) is 0 Å². The van der Waals surface area contributed by atoms with Gasteiger partial charge in [-0.3, -0.25) is 4.79 Å². The minimum absolute atomic E-state index is 0.184. The van der Waals surface area contributed by atoms with Crippen LogP contribution in [0.1, 0.15) is 17.3 Å². The summed E-state index contributed by atoms with van der Waals surface area (Å²) in [5.74, 6) is -0.215. The zero-order valence-electron chi connectivity index (χ0n) is 9.81. The molecular formula is C11H16BrNO4. The van der Waals surface area contributed by atoms with Gasteiger partial charge >= 0.3 is 0 Å². The zero-order valence-corrected chi connectivity index (χ0v) is 11.4. The van der Waals surface area contributed by atoms with Crippen molar-refractivity contribution in [2.24, 2.45) is 5.41 Å². The Morgan fingerprint density at radius 3 is 2.53 bits per heavy atom. The molecule has 1 heterocycles. The predicted octanol–water partition coefficient (Wildman–Crippen LogP) is 1.10. The molecule has 1 aromatic rings. The number of carbonyl (C=O) groups is 1. The summed E-state index contributed by atoms with van der Waals surface area (Å²) in [4.78, 5) is 13.4. The van der Waals surface area contributed by atoms with Gasteiger partial charge in [-0.2, -0.15) is 0 Å². The molecule has 6 heteroatoms. The fourth-order valence-corrected chi connectivity index (χ4v) is 1.78. The van der Waals surface area contributed by atoms with Crippen molar-refractivity contribution in [3.63, 3.8) is 0 Å². The average Bonchev–Trinajstić information content (AvgIpc) is 2.74. The van der Waals surface area contributed by atoms with E-state index in [1.54, 1.807) is 20.0 Å². The first kappa shape index (κ1) is 14.2. The van der Waals surface area contributed by atoms with Crippen molar-refractivity contribution >= 4 is 21.8 Å². The Morgan fingerprint density at radius 2 is 2.12 bits per heavy atom. The van der Waals surface area contributed by atoms with Gasteiger partial charge in [0.15, 0.2) is 4.67 Å². The first-order valence-electron chi connectivity index (χ1n) is 5.13. The number of carbonyl (C=O) groups excluding carboxylic acids is 1. The Labute approximate surface area is 108 Å². The normalized spacial score (nSPS) is 11.6. The highest BCUT2D eigenvalue weighted by molar-refractivity contribution is 9.10. The van der Waals surface area contributed by atoms with Gasteiger partial charge in [-0.15, -0.1) is 0 Å². The highest BCUT2D eigenvalue weighted by atomic mass is 79.9. The Morgan fingerprint density at radius 1 is 1.53 bits per heavy atom. The summed E-state index contributed by atoms with van der Waals surface area (Å²) >= 11 is 3.12. The summed E-state index contributed by atoms with van der Waals surface area (Å²) in [6.45, 7) is 1.61. The summed E-state index contributed by atoms with van der Waals surface area (Å²) in [7, 11) is 1.62. The lowest BCUT2D eigenvalue weighted by atomic mass is 9.92. The lowest BCUT2D eigenvalue weighted by Crippen LogP contribution is -2.41. The van der Waals surface area contributed by atoms with Gasteiger partial charge in [-0.05, 0) is 15.9 Å². The van der Waals surface area contributed by atoms with E-state index in [9.17, 15) is 4.79 Å². The van der Waals surface area contributed by atoms with Gasteiger partial charge in [0.05, 0.1) is 18.8 Å². The molecule has 0 saturated heterocycles. The van der Waals surface area contributed by atoms with Crippen molar-refractivity contribution in [2.75, 3.05) is 26.8 Å². The maximum Gasteiger partial charge on any atom is 0.256 e. The summed E-state index contributed by atoms with van der Waals surface area (Å²) in [5.41, 5.74) is -0.275. The van der Waals surface area contributed by atoms with Crippen LogP contribution in [-0.4, -0.2) is 47.8 Å². The molecule has 0 unspecified atom stereocenters. The number of hydrogen-bond acceptors (Lipinski definition) is 4. The molecule has 0 bridgehead atoms. The van der Waals surface area contributed by atoms with Crippen molar-refractivity contribution in [2.45, 2.75) is 6.92 Å². The second-order valence-corrected chi connectivity index (χ2v) is 5.21. The van der Waals surface area contributed by atoms with Crippen LogP contribution in [0.2, 0.25) is 0 Å². The Balaban J connectivity index is 2.71. The van der Waals surface area contributed by atoms with E-state index in [0.717, 1.165) is 0 Å². The molecule has 1 rings (SSSR count). The second kappa shape index (κ2) is 5.66. The number of aliphatic hydroxyl groups is 2. The van der Waals surface area contributed by atoms with Gasteiger partial charge < -0.3 is 19.5 Å². The molecule has 0 atom stereocenters.